The summed E-state index contributed by atoms with van der Waals surface area (Å²) in [5.74, 6) is -1.20. The maximum atomic E-state index is 13.1. The zero-order chi connectivity index (χ0) is 21.5. The van der Waals surface area contributed by atoms with Gasteiger partial charge in [-0.05, 0) is 41.3 Å². The highest BCUT2D eigenvalue weighted by atomic mass is 19.1. The summed E-state index contributed by atoms with van der Waals surface area (Å²) in [7, 11) is 0. The number of benzene rings is 2. The Hall–Kier alpha value is -3.48. The van der Waals surface area contributed by atoms with E-state index < -0.39 is 17.8 Å². The minimum absolute atomic E-state index is 0.109. The minimum Gasteiger partial charge on any atom is -0.350 e. The number of aromatic nitrogens is 2. The summed E-state index contributed by atoms with van der Waals surface area (Å²) in [6.07, 6.45) is 5.38. The Balaban J connectivity index is 1.60. The molecule has 0 radical (unpaired) electrons. The van der Waals surface area contributed by atoms with Crippen LogP contribution in [0.1, 0.15) is 35.3 Å². The largest absolute Gasteiger partial charge is 0.350 e. The molecule has 1 heterocycles. The van der Waals surface area contributed by atoms with Crippen molar-refractivity contribution in [3.63, 3.8) is 0 Å². The van der Waals surface area contributed by atoms with Crippen LogP contribution in [-0.4, -0.2) is 27.4 Å². The van der Waals surface area contributed by atoms with Gasteiger partial charge in [-0.2, -0.15) is 0 Å². The third-order valence-electron chi connectivity index (χ3n) is 4.72. The van der Waals surface area contributed by atoms with Crippen LogP contribution in [0.25, 0.3) is 0 Å². The molecule has 0 aliphatic rings. The van der Waals surface area contributed by atoms with Crippen molar-refractivity contribution < 1.29 is 14.0 Å². The molecule has 0 fully saturated rings. The van der Waals surface area contributed by atoms with Crippen LogP contribution in [0.5, 0.6) is 0 Å². The summed E-state index contributed by atoms with van der Waals surface area (Å²) in [5, 5.41) is 5.65. The van der Waals surface area contributed by atoms with Gasteiger partial charge in [0.05, 0.1) is 6.33 Å². The molecule has 7 heteroatoms. The van der Waals surface area contributed by atoms with Crippen LogP contribution in [0.4, 0.5) is 4.39 Å². The second kappa shape index (κ2) is 9.82. The van der Waals surface area contributed by atoms with Crippen LogP contribution in [0.3, 0.4) is 0 Å². The zero-order valence-electron chi connectivity index (χ0n) is 17.0. The van der Waals surface area contributed by atoms with Gasteiger partial charge in [0.15, 0.2) is 0 Å². The van der Waals surface area contributed by atoms with Crippen molar-refractivity contribution in [1.29, 1.82) is 0 Å². The van der Waals surface area contributed by atoms with Gasteiger partial charge in [0.1, 0.15) is 11.9 Å². The topological polar surface area (TPSA) is 76.0 Å². The van der Waals surface area contributed by atoms with Gasteiger partial charge < -0.3 is 15.2 Å². The lowest BCUT2D eigenvalue weighted by molar-refractivity contribution is -0.124. The Bertz CT molecular complexity index is 985. The van der Waals surface area contributed by atoms with Gasteiger partial charge in [-0.1, -0.05) is 38.1 Å². The van der Waals surface area contributed by atoms with Crippen LogP contribution in [-0.2, 0) is 17.9 Å². The van der Waals surface area contributed by atoms with Crippen molar-refractivity contribution in [2.45, 2.75) is 33.0 Å². The van der Waals surface area contributed by atoms with Gasteiger partial charge in [-0.15, -0.1) is 0 Å². The number of nitrogens with zero attached hydrogens (tertiary/aromatic N) is 2. The first-order chi connectivity index (χ1) is 14.4. The first kappa shape index (κ1) is 21.2. The SMILES string of the molecule is CC(C)C(NC(=O)c1ccc(F)cc1)C(=O)NCc1cccc(Cn2ccnc2)c1. The zero-order valence-corrected chi connectivity index (χ0v) is 17.0. The molecule has 2 amide bonds. The van der Waals surface area contributed by atoms with E-state index in [9.17, 15) is 14.0 Å². The third-order valence-corrected chi connectivity index (χ3v) is 4.72. The van der Waals surface area contributed by atoms with Crippen molar-refractivity contribution in [2.75, 3.05) is 0 Å². The van der Waals surface area contributed by atoms with Crippen LogP contribution in [0.15, 0.2) is 67.3 Å². The predicted octanol–water partition coefficient (Wildman–Crippen LogP) is 3.14. The summed E-state index contributed by atoms with van der Waals surface area (Å²) in [6, 6.07) is 12.5. The quantitative estimate of drug-likeness (QED) is 0.601. The second-order valence-corrected chi connectivity index (χ2v) is 7.47. The second-order valence-electron chi connectivity index (χ2n) is 7.47. The Morgan fingerprint density at radius 3 is 2.50 bits per heavy atom. The average Bonchev–Trinajstić information content (AvgIpc) is 3.23. The molecule has 1 atom stereocenters. The van der Waals surface area contributed by atoms with Gasteiger partial charge in [-0.25, -0.2) is 9.37 Å². The standard InChI is InChI=1S/C23H25FN4O2/c1-16(2)21(27-22(29)19-6-8-20(24)9-7-19)23(30)26-13-17-4-3-5-18(12-17)14-28-11-10-25-15-28/h3-12,15-16,21H,13-14H2,1-2H3,(H,26,30)(H,27,29). The van der Waals surface area contributed by atoms with E-state index in [0.717, 1.165) is 11.1 Å². The lowest BCUT2D eigenvalue weighted by atomic mass is 10.0. The van der Waals surface area contributed by atoms with Crippen molar-refractivity contribution >= 4 is 11.8 Å². The van der Waals surface area contributed by atoms with E-state index in [2.05, 4.69) is 15.6 Å². The lowest BCUT2D eigenvalue weighted by Crippen LogP contribution is -2.49. The number of hydrogen-bond acceptors (Lipinski definition) is 3. The van der Waals surface area contributed by atoms with Gasteiger partial charge in [0.25, 0.3) is 5.91 Å². The Morgan fingerprint density at radius 1 is 1.10 bits per heavy atom. The molecule has 0 spiro atoms. The Labute approximate surface area is 175 Å². The van der Waals surface area contributed by atoms with Crippen molar-refractivity contribution in [2.24, 2.45) is 5.92 Å². The molecule has 6 nitrogen and oxygen atoms in total. The molecular weight excluding hydrogens is 383 g/mol. The Kier molecular flexibility index (Phi) is 6.95. The van der Waals surface area contributed by atoms with E-state index in [-0.39, 0.29) is 11.8 Å². The molecule has 0 bridgehead atoms. The van der Waals surface area contributed by atoms with Crippen molar-refractivity contribution in [3.05, 3.63) is 89.8 Å². The number of imidazole rings is 1. The molecule has 3 rings (SSSR count). The summed E-state index contributed by atoms with van der Waals surface area (Å²) in [5.41, 5.74) is 2.38. The molecular formula is C23H25FN4O2. The number of halogens is 1. The maximum Gasteiger partial charge on any atom is 0.251 e. The fraction of sp³-hybridized carbons (Fsp3) is 0.261. The number of carbonyl (C=O) groups is 2. The number of hydrogen-bond donors (Lipinski definition) is 2. The molecule has 156 valence electrons. The summed E-state index contributed by atoms with van der Waals surface area (Å²) >= 11 is 0. The number of carbonyl (C=O) groups excluding carboxylic acids is 2. The molecule has 30 heavy (non-hydrogen) atoms. The molecule has 3 aromatic rings. The summed E-state index contributed by atoms with van der Waals surface area (Å²) in [6.45, 7) is 4.78. The fourth-order valence-corrected chi connectivity index (χ4v) is 3.09. The van der Waals surface area contributed by atoms with Crippen molar-refractivity contribution in [3.8, 4) is 0 Å². The number of rotatable bonds is 8. The molecule has 2 aromatic carbocycles. The van der Waals surface area contributed by atoms with Gasteiger partial charge in [0.2, 0.25) is 5.91 Å². The molecule has 2 N–H and O–H groups in total. The smallest absolute Gasteiger partial charge is 0.251 e. The van der Waals surface area contributed by atoms with Gasteiger partial charge in [0, 0.05) is 31.0 Å². The van der Waals surface area contributed by atoms with Gasteiger partial charge in [-0.3, -0.25) is 9.59 Å². The van der Waals surface area contributed by atoms with E-state index in [0.29, 0.717) is 18.7 Å². The number of amides is 2. The van der Waals surface area contributed by atoms with E-state index in [4.69, 9.17) is 0 Å². The normalized spacial score (nSPS) is 11.9. The monoisotopic (exact) mass is 408 g/mol. The van der Waals surface area contributed by atoms with E-state index in [1.807, 2.05) is 48.9 Å². The lowest BCUT2D eigenvalue weighted by Gasteiger charge is -2.22. The van der Waals surface area contributed by atoms with Crippen LogP contribution >= 0.6 is 0 Å². The molecule has 1 unspecified atom stereocenters. The average molecular weight is 408 g/mol. The molecule has 0 saturated carbocycles. The van der Waals surface area contributed by atoms with Crippen LogP contribution < -0.4 is 10.6 Å². The fourth-order valence-electron chi connectivity index (χ4n) is 3.09. The minimum atomic E-state index is -0.698. The highest BCUT2D eigenvalue weighted by Crippen LogP contribution is 2.09. The third kappa shape index (κ3) is 5.76. The number of nitrogens with one attached hydrogen (secondary N) is 2. The van der Waals surface area contributed by atoms with E-state index in [1.165, 1.54) is 24.3 Å². The molecule has 1 aromatic heterocycles. The van der Waals surface area contributed by atoms with Crippen molar-refractivity contribution in [1.82, 2.24) is 20.2 Å². The highest BCUT2D eigenvalue weighted by molar-refractivity contribution is 5.97. The highest BCUT2D eigenvalue weighted by Gasteiger charge is 2.24. The predicted molar refractivity (Wildman–Crippen MR) is 112 cm³/mol. The van der Waals surface area contributed by atoms with E-state index >= 15 is 0 Å². The first-order valence-corrected chi connectivity index (χ1v) is 9.80. The first-order valence-electron chi connectivity index (χ1n) is 9.80. The summed E-state index contributed by atoms with van der Waals surface area (Å²) < 4.78 is 15.0. The molecule has 0 aliphatic heterocycles. The molecule has 0 saturated heterocycles. The maximum absolute atomic E-state index is 13.1. The van der Waals surface area contributed by atoms with E-state index in [1.54, 1.807) is 12.5 Å². The van der Waals surface area contributed by atoms with Crippen LogP contribution in [0, 0.1) is 11.7 Å². The Morgan fingerprint density at radius 2 is 1.83 bits per heavy atom. The van der Waals surface area contributed by atoms with Gasteiger partial charge >= 0.3 is 0 Å². The van der Waals surface area contributed by atoms with Crippen LogP contribution in [0.2, 0.25) is 0 Å². The molecule has 0 aliphatic carbocycles. The summed E-state index contributed by atoms with van der Waals surface area (Å²) in [4.78, 5) is 29.2.